The second-order valence-corrected chi connectivity index (χ2v) is 16.5. The fourth-order valence-corrected chi connectivity index (χ4v) is 4.53. The molecule has 0 saturated carbocycles. The molecule has 1 aromatic carbocycles. The molecular formula is C21H29Cl3N4O5Si. The summed E-state index contributed by atoms with van der Waals surface area (Å²) in [5.74, 6) is -1.44. The SMILES string of the molecule is C[C@H]1O[C@H](OC(=N)C(Cl)(Cl)Cl)[C@H](OC(=O)c2ccccc2)[C@@H](N=[N+]=[N-])[C@@H]1O[Si](C)(C)C(C)(C)C. The van der Waals surface area contributed by atoms with Crippen LogP contribution in [-0.4, -0.2) is 54.6 Å². The van der Waals surface area contributed by atoms with E-state index >= 15 is 0 Å². The van der Waals surface area contributed by atoms with Crippen molar-refractivity contribution >= 4 is 55.0 Å². The standard InChI is InChI=1S/C21H29Cl3N4O5Si/c1-12-15(33-34(5,6)20(2,3)4)14(27-28-26)16(18(30-12)32-19(25)21(22,23)24)31-17(29)13-10-8-7-9-11-13/h7-12,14-16,18,25H,1-6H3/t12-,14+,15-,16-,18-/m1/s1. The topological polar surface area (TPSA) is 127 Å². The Bertz CT molecular complexity index is 933. The van der Waals surface area contributed by atoms with Gasteiger partial charge < -0.3 is 18.6 Å². The Morgan fingerprint density at radius 2 is 1.74 bits per heavy atom. The van der Waals surface area contributed by atoms with Crippen LogP contribution in [0, 0.1) is 5.41 Å². The van der Waals surface area contributed by atoms with Gasteiger partial charge in [-0.15, -0.1) is 0 Å². The highest BCUT2D eigenvalue weighted by Crippen LogP contribution is 2.41. The number of nitrogens with zero attached hydrogens (tertiary/aromatic N) is 3. The maximum absolute atomic E-state index is 12.9. The van der Waals surface area contributed by atoms with Gasteiger partial charge in [-0.1, -0.05) is 78.9 Å². The van der Waals surface area contributed by atoms with Gasteiger partial charge in [0.1, 0.15) is 6.04 Å². The minimum Gasteiger partial charge on any atom is -0.452 e. The third-order valence-electron chi connectivity index (χ3n) is 5.92. The minimum atomic E-state index is -2.37. The highest BCUT2D eigenvalue weighted by molar-refractivity contribution is 6.76. The van der Waals surface area contributed by atoms with Gasteiger partial charge in [-0.2, -0.15) is 0 Å². The summed E-state index contributed by atoms with van der Waals surface area (Å²) in [7, 11) is -2.37. The minimum absolute atomic E-state index is 0.158. The van der Waals surface area contributed by atoms with Gasteiger partial charge in [-0.05, 0) is 42.7 Å². The molecule has 1 N–H and O–H groups in total. The van der Waals surface area contributed by atoms with Crippen LogP contribution >= 0.6 is 34.8 Å². The summed E-state index contributed by atoms with van der Waals surface area (Å²) in [5, 5.41) is 11.7. The number of esters is 1. The van der Waals surface area contributed by atoms with Gasteiger partial charge in [-0.25, -0.2) is 4.79 Å². The van der Waals surface area contributed by atoms with E-state index in [9.17, 15) is 10.3 Å². The number of alkyl halides is 3. The molecule has 1 fully saturated rings. The summed E-state index contributed by atoms with van der Waals surface area (Å²) in [6.45, 7) is 12.0. The molecule has 0 unspecified atom stereocenters. The fraction of sp³-hybridized carbons (Fsp3) is 0.619. The van der Waals surface area contributed by atoms with Crippen LogP contribution in [-0.2, 0) is 18.6 Å². The summed E-state index contributed by atoms with van der Waals surface area (Å²) in [6, 6.07) is 7.21. The van der Waals surface area contributed by atoms with Gasteiger partial charge in [0.05, 0.1) is 17.8 Å². The van der Waals surface area contributed by atoms with Crippen LogP contribution in [0.5, 0.6) is 0 Å². The zero-order valence-corrected chi connectivity index (χ0v) is 23.1. The lowest BCUT2D eigenvalue weighted by Gasteiger charge is -2.47. The molecule has 0 bridgehead atoms. The van der Waals surface area contributed by atoms with Crippen LogP contribution in [0.25, 0.3) is 10.4 Å². The van der Waals surface area contributed by atoms with E-state index in [0.717, 1.165) is 0 Å². The van der Waals surface area contributed by atoms with E-state index in [4.69, 9.17) is 58.8 Å². The third-order valence-corrected chi connectivity index (χ3v) is 10.9. The number of hydrogen-bond donors (Lipinski definition) is 1. The predicted octanol–water partition coefficient (Wildman–Crippen LogP) is 6.39. The summed E-state index contributed by atoms with van der Waals surface area (Å²) < 4.78 is 21.5. The smallest absolute Gasteiger partial charge is 0.338 e. The Morgan fingerprint density at radius 3 is 2.24 bits per heavy atom. The van der Waals surface area contributed by atoms with E-state index < -0.39 is 54.6 Å². The van der Waals surface area contributed by atoms with Gasteiger partial charge >= 0.3 is 5.97 Å². The number of ether oxygens (including phenoxy) is 3. The molecule has 13 heteroatoms. The number of benzene rings is 1. The maximum atomic E-state index is 12.9. The van der Waals surface area contributed by atoms with E-state index in [2.05, 4.69) is 30.8 Å². The summed E-state index contributed by atoms with van der Waals surface area (Å²) in [4.78, 5) is 15.8. The summed E-state index contributed by atoms with van der Waals surface area (Å²) in [6.07, 6.45) is -4.10. The van der Waals surface area contributed by atoms with Crippen LogP contribution < -0.4 is 0 Å². The summed E-state index contributed by atoms with van der Waals surface area (Å²) in [5.41, 5.74) is 9.60. The van der Waals surface area contributed by atoms with Gasteiger partial charge in [0, 0.05) is 4.91 Å². The van der Waals surface area contributed by atoms with Gasteiger partial charge in [0.2, 0.25) is 12.2 Å². The molecule has 5 atom stereocenters. The Hall–Kier alpha value is -1.52. The van der Waals surface area contributed by atoms with Crippen molar-refractivity contribution < 1.29 is 23.4 Å². The van der Waals surface area contributed by atoms with Crippen molar-refractivity contribution in [2.24, 2.45) is 5.11 Å². The molecule has 1 aliphatic heterocycles. The quantitative estimate of drug-likeness (QED) is 0.0640. The van der Waals surface area contributed by atoms with Crippen LogP contribution in [0.15, 0.2) is 35.4 Å². The zero-order chi connectivity index (χ0) is 25.9. The van der Waals surface area contributed by atoms with Crippen molar-refractivity contribution in [1.82, 2.24) is 0 Å². The van der Waals surface area contributed by atoms with Crippen molar-refractivity contribution in [3.8, 4) is 0 Å². The van der Waals surface area contributed by atoms with Crippen LogP contribution in [0.2, 0.25) is 18.1 Å². The number of carbonyl (C=O) groups is 1. The average Bonchev–Trinajstić information content (AvgIpc) is 2.72. The first-order valence-corrected chi connectivity index (χ1v) is 14.6. The second kappa shape index (κ2) is 11.0. The number of azide groups is 1. The Kier molecular flexibility index (Phi) is 9.32. The first kappa shape index (κ1) is 28.7. The number of carbonyl (C=O) groups excluding carboxylic acids is 1. The van der Waals surface area contributed by atoms with E-state index in [0.29, 0.717) is 0 Å². The summed E-state index contributed by atoms with van der Waals surface area (Å²) >= 11 is 17.3. The molecule has 2 rings (SSSR count). The fourth-order valence-electron chi connectivity index (χ4n) is 3.03. The van der Waals surface area contributed by atoms with Crippen molar-refractivity contribution in [3.63, 3.8) is 0 Å². The first-order valence-electron chi connectivity index (χ1n) is 10.5. The van der Waals surface area contributed by atoms with Crippen molar-refractivity contribution in [2.45, 2.75) is 80.3 Å². The molecule has 1 saturated heterocycles. The Morgan fingerprint density at radius 1 is 1.15 bits per heavy atom. The van der Waals surface area contributed by atoms with E-state index in [1.165, 1.54) is 0 Å². The molecule has 1 aromatic rings. The number of halogens is 3. The van der Waals surface area contributed by atoms with Crippen molar-refractivity contribution in [1.29, 1.82) is 5.41 Å². The lowest BCUT2D eigenvalue weighted by molar-refractivity contribution is -0.238. The third kappa shape index (κ3) is 7.01. The number of rotatable bonds is 6. The lowest BCUT2D eigenvalue weighted by Crippen LogP contribution is -2.62. The van der Waals surface area contributed by atoms with Crippen LogP contribution in [0.3, 0.4) is 0 Å². The molecule has 34 heavy (non-hydrogen) atoms. The predicted molar refractivity (Wildman–Crippen MR) is 134 cm³/mol. The molecule has 1 aliphatic rings. The highest BCUT2D eigenvalue weighted by atomic mass is 35.6. The Balaban J connectivity index is 2.47. The van der Waals surface area contributed by atoms with E-state index in [-0.39, 0.29) is 10.6 Å². The lowest BCUT2D eigenvalue weighted by atomic mass is 9.97. The molecule has 0 amide bonds. The van der Waals surface area contributed by atoms with Gasteiger partial charge in [-0.3, -0.25) is 5.41 Å². The zero-order valence-electron chi connectivity index (χ0n) is 19.8. The second-order valence-electron chi connectivity index (χ2n) is 9.43. The number of hydrogen-bond acceptors (Lipinski definition) is 7. The number of nitrogens with one attached hydrogen (secondary N) is 1. The molecule has 9 nitrogen and oxygen atoms in total. The molecule has 0 aliphatic carbocycles. The Labute approximate surface area is 215 Å². The average molecular weight is 552 g/mol. The first-order chi connectivity index (χ1) is 15.6. The molecular weight excluding hydrogens is 523 g/mol. The van der Waals surface area contributed by atoms with Gasteiger partial charge in [0.25, 0.3) is 3.79 Å². The maximum Gasteiger partial charge on any atom is 0.338 e. The highest BCUT2D eigenvalue weighted by Gasteiger charge is 2.52. The van der Waals surface area contributed by atoms with E-state index in [1.807, 2.05) is 13.1 Å². The molecule has 1 heterocycles. The molecule has 0 aromatic heterocycles. The van der Waals surface area contributed by atoms with Crippen molar-refractivity contribution in [2.75, 3.05) is 0 Å². The molecule has 0 spiro atoms. The van der Waals surface area contributed by atoms with Crippen LogP contribution in [0.4, 0.5) is 0 Å². The monoisotopic (exact) mass is 550 g/mol. The van der Waals surface area contributed by atoms with Crippen molar-refractivity contribution in [3.05, 3.63) is 46.3 Å². The van der Waals surface area contributed by atoms with E-state index in [1.54, 1.807) is 37.3 Å². The van der Waals surface area contributed by atoms with Crippen LogP contribution in [0.1, 0.15) is 38.1 Å². The molecule has 188 valence electrons. The largest absolute Gasteiger partial charge is 0.452 e. The molecule has 0 radical (unpaired) electrons. The normalized spacial score (nSPS) is 25.7. The van der Waals surface area contributed by atoms with Gasteiger partial charge in [0.15, 0.2) is 14.4 Å².